The van der Waals surface area contributed by atoms with Gasteiger partial charge in [-0.2, -0.15) is 0 Å². The third-order valence-corrected chi connectivity index (χ3v) is 3.92. The molecular weight excluding hydrogens is 243 g/mol. The largest absolute Gasteiger partial charge is 0.384 e. The van der Waals surface area contributed by atoms with Crippen LogP contribution in [0.3, 0.4) is 0 Å². The molecule has 0 aliphatic rings. The van der Waals surface area contributed by atoms with E-state index in [0.717, 1.165) is 0 Å². The molecule has 2 N–H and O–H groups in total. The molecule has 0 rings (SSSR count). The lowest BCUT2D eigenvalue weighted by Gasteiger charge is -2.26. The lowest BCUT2D eigenvalue weighted by molar-refractivity contribution is -0.173. The van der Waals surface area contributed by atoms with Gasteiger partial charge in [0, 0.05) is 13.0 Å². The minimum absolute atomic E-state index is 0.00407. The highest BCUT2D eigenvalue weighted by molar-refractivity contribution is 7.62. The Labute approximate surface area is 103 Å². The van der Waals surface area contributed by atoms with Crippen LogP contribution in [0.2, 0.25) is 0 Å². The zero-order valence-electron chi connectivity index (χ0n) is 11.0. The van der Waals surface area contributed by atoms with Gasteiger partial charge in [-0.3, -0.25) is 14.9 Å². The van der Waals surface area contributed by atoms with Crippen LogP contribution in [0.25, 0.3) is 0 Å². The molecule has 1 amide bonds. The molecule has 0 spiro atoms. The summed E-state index contributed by atoms with van der Waals surface area (Å²) in [6, 6.07) is 0. The zero-order chi connectivity index (χ0) is 13.6. The minimum atomic E-state index is -2.56. The van der Waals surface area contributed by atoms with Crippen LogP contribution >= 0.6 is 7.14 Å². The van der Waals surface area contributed by atoms with Crippen LogP contribution in [0.15, 0.2) is 0 Å². The number of rotatable bonds is 7. The Morgan fingerprint density at radius 3 is 2.35 bits per heavy atom. The average molecular weight is 266 g/mol. The van der Waals surface area contributed by atoms with E-state index in [1.165, 1.54) is 13.3 Å². The summed E-state index contributed by atoms with van der Waals surface area (Å²) in [5, 5.41) is 19.7. The maximum atomic E-state index is 11.6. The van der Waals surface area contributed by atoms with E-state index in [2.05, 4.69) is 0 Å². The van der Waals surface area contributed by atoms with Gasteiger partial charge in [0.05, 0.1) is 0 Å². The second-order valence-corrected chi connectivity index (χ2v) is 8.10. The summed E-state index contributed by atoms with van der Waals surface area (Å²) in [5.74, 6) is -1.30. The molecule has 0 saturated carbocycles. The molecule has 0 aromatic rings. The van der Waals surface area contributed by atoms with Crippen molar-refractivity contribution in [3.05, 3.63) is 0 Å². The van der Waals surface area contributed by atoms with Crippen LogP contribution < -0.4 is 0 Å². The molecule has 102 valence electrons. The number of nitrogens with zero attached hydrogens (tertiary/aromatic N) is 2. The molecule has 0 radical (unpaired) electrons. The highest BCUT2D eigenvalue weighted by Gasteiger charge is 2.22. The van der Waals surface area contributed by atoms with E-state index in [0.29, 0.717) is 11.5 Å². The highest BCUT2D eigenvalue weighted by Crippen LogP contribution is 2.40. The second kappa shape index (κ2) is 7.11. The predicted molar refractivity (Wildman–Crippen MR) is 66.5 cm³/mol. The summed E-state index contributed by atoms with van der Waals surface area (Å²) in [4.78, 5) is 12.8. The fourth-order valence-corrected chi connectivity index (χ4v) is 1.86. The van der Waals surface area contributed by atoms with Crippen molar-refractivity contribution >= 4 is 13.0 Å². The molecule has 0 aliphatic heterocycles. The molecule has 1 unspecified atom stereocenters. The first-order valence-electron chi connectivity index (χ1n) is 5.59. The van der Waals surface area contributed by atoms with Gasteiger partial charge < -0.3 is 9.67 Å². The maximum absolute atomic E-state index is 11.6. The SMILES string of the molecule is CCCC(=O)N(O)CN(C)CC(O)P(C)(C)=O. The van der Waals surface area contributed by atoms with Gasteiger partial charge in [0.1, 0.15) is 19.7 Å². The normalized spacial score (nSPS) is 13.8. The summed E-state index contributed by atoms with van der Waals surface area (Å²) in [7, 11) is -0.921. The Balaban J connectivity index is 4.14. The topological polar surface area (TPSA) is 81.1 Å². The lowest BCUT2D eigenvalue weighted by atomic mass is 10.3. The Morgan fingerprint density at radius 2 is 1.94 bits per heavy atom. The van der Waals surface area contributed by atoms with Crippen LogP contribution in [-0.2, 0) is 9.36 Å². The highest BCUT2D eigenvalue weighted by atomic mass is 31.2. The van der Waals surface area contributed by atoms with Crippen molar-refractivity contribution in [2.45, 2.75) is 25.6 Å². The average Bonchev–Trinajstić information content (AvgIpc) is 2.16. The maximum Gasteiger partial charge on any atom is 0.247 e. The van der Waals surface area contributed by atoms with Crippen molar-refractivity contribution in [2.75, 3.05) is 33.6 Å². The Morgan fingerprint density at radius 1 is 1.41 bits per heavy atom. The van der Waals surface area contributed by atoms with Crippen LogP contribution in [-0.4, -0.2) is 65.6 Å². The Hall–Kier alpha value is -0.420. The lowest BCUT2D eigenvalue weighted by Crippen LogP contribution is -2.40. The van der Waals surface area contributed by atoms with Gasteiger partial charge >= 0.3 is 0 Å². The standard InChI is InChI=1S/C10H23N2O4P/c1-5-6-9(13)12(15)8-11(2)7-10(14)17(3,4)16/h10,14-15H,5-8H2,1-4H3. The van der Waals surface area contributed by atoms with Crippen molar-refractivity contribution in [3.8, 4) is 0 Å². The number of amides is 1. The van der Waals surface area contributed by atoms with Gasteiger partial charge in [-0.1, -0.05) is 6.92 Å². The first-order valence-corrected chi connectivity index (χ1v) is 8.26. The fourth-order valence-electron chi connectivity index (χ4n) is 1.18. The Bertz CT molecular complexity index is 292. The van der Waals surface area contributed by atoms with Crippen LogP contribution in [0.1, 0.15) is 19.8 Å². The monoisotopic (exact) mass is 266 g/mol. The van der Waals surface area contributed by atoms with E-state index in [-0.39, 0.29) is 25.5 Å². The van der Waals surface area contributed by atoms with E-state index in [9.17, 15) is 19.7 Å². The number of hydrogen-bond acceptors (Lipinski definition) is 5. The first kappa shape index (κ1) is 16.6. The molecule has 17 heavy (non-hydrogen) atoms. The molecule has 0 aromatic heterocycles. The third-order valence-electron chi connectivity index (χ3n) is 2.32. The molecule has 0 aromatic carbocycles. The van der Waals surface area contributed by atoms with Crippen molar-refractivity contribution < 1.29 is 19.7 Å². The van der Waals surface area contributed by atoms with Gasteiger partial charge in [-0.15, -0.1) is 0 Å². The van der Waals surface area contributed by atoms with Crippen LogP contribution in [0.5, 0.6) is 0 Å². The summed E-state index contributed by atoms with van der Waals surface area (Å²) in [5.41, 5.74) is 0. The molecule has 0 fully saturated rings. The van der Waals surface area contributed by atoms with Crippen molar-refractivity contribution in [3.63, 3.8) is 0 Å². The summed E-state index contributed by atoms with van der Waals surface area (Å²) < 4.78 is 11.6. The number of likely N-dealkylation sites (N-methyl/N-ethyl adjacent to an activating group) is 1. The number of carbonyl (C=O) groups is 1. The van der Waals surface area contributed by atoms with Gasteiger partial charge in [-0.05, 0) is 26.8 Å². The van der Waals surface area contributed by atoms with Crippen LogP contribution in [0.4, 0.5) is 0 Å². The molecule has 6 nitrogen and oxygen atoms in total. The van der Waals surface area contributed by atoms with E-state index < -0.39 is 13.0 Å². The summed E-state index contributed by atoms with van der Waals surface area (Å²) in [6.45, 7) is 5.01. The number of carbonyl (C=O) groups excluding carboxylic acids is 1. The minimum Gasteiger partial charge on any atom is -0.384 e. The van der Waals surface area contributed by atoms with Crippen molar-refractivity contribution in [1.29, 1.82) is 0 Å². The fraction of sp³-hybridized carbons (Fsp3) is 0.900. The molecular formula is C10H23N2O4P. The predicted octanol–water partition coefficient (Wildman–Crippen LogP) is 0.835. The molecule has 0 bridgehead atoms. The van der Waals surface area contributed by atoms with Gasteiger partial charge in [0.15, 0.2) is 0 Å². The van der Waals surface area contributed by atoms with Gasteiger partial charge in [-0.25, -0.2) is 5.06 Å². The van der Waals surface area contributed by atoms with Crippen molar-refractivity contribution in [2.24, 2.45) is 0 Å². The zero-order valence-corrected chi connectivity index (χ0v) is 11.9. The van der Waals surface area contributed by atoms with Crippen LogP contribution in [0, 0.1) is 0 Å². The smallest absolute Gasteiger partial charge is 0.247 e. The number of aliphatic hydroxyl groups excluding tert-OH is 1. The molecule has 0 saturated heterocycles. The quantitative estimate of drug-likeness (QED) is 0.309. The molecule has 7 heteroatoms. The summed E-state index contributed by atoms with van der Waals surface area (Å²) >= 11 is 0. The third kappa shape index (κ3) is 6.78. The first-order chi connectivity index (χ1) is 7.68. The molecule has 0 heterocycles. The number of hydroxylamine groups is 2. The van der Waals surface area contributed by atoms with E-state index >= 15 is 0 Å². The Kier molecular flexibility index (Phi) is 6.94. The second-order valence-electron chi connectivity index (χ2n) is 4.64. The van der Waals surface area contributed by atoms with Gasteiger partial charge in [0.25, 0.3) is 0 Å². The van der Waals surface area contributed by atoms with E-state index in [4.69, 9.17) is 0 Å². The molecule has 1 atom stereocenters. The van der Waals surface area contributed by atoms with E-state index in [1.54, 1.807) is 11.9 Å². The van der Waals surface area contributed by atoms with Crippen molar-refractivity contribution in [1.82, 2.24) is 9.96 Å². The number of hydrogen-bond donors (Lipinski definition) is 2. The van der Waals surface area contributed by atoms with E-state index in [1.807, 2.05) is 6.92 Å². The number of aliphatic hydroxyl groups is 1. The molecule has 0 aliphatic carbocycles. The summed E-state index contributed by atoms with van der Waals surface area (Å²) in [6.07, 6.45) is 0.953. The van der Waals surface area contributed by atoms with Gasteiger partial charge in [0.2, 0.25) is 5.91 Å².